The normalized spacial score (nSPS) is 15.1. The van der Waals surface area contributed by atoms with Crippen LogP contribution in [0.2, 0.25) is 0 Å². The van der Waals surface area contributed by atoms with E-state index in [-0.39, 0.29) is 28.6 Å². The molecule has 1 aliphatic rings. The van der Waals surface area contributed by atoms with E-state index in [1.165, 1.54) is 6.07 Å². The van der Waals surface area contributed by atoms with Gasteiger partial charge in [0.2, 0.25) is 5.78 Å². The summed E-state index contributed by atoms with van der Waals surface area (Å²) in [5.41, 5.74) is 1.57. The highest BCUT2D eigenvalue weighted by Gasteiger charge is 2.31. The number of aromatic nitrogens is 2. The number of ketones is 1. The Balaban J connectivity index is 1.87. The highest BCUT2D eigenvalue weighted by Crippen LogP contribution is 2.41. The van der Waals surface area contributed by atoms with E-state index in [0.29, 0.717) is 0 Å². The Kier molecular flexibility index (Phi) is 3.14. The van der Waals surface area contributed by atoms with Gasteiger partial charge in [0, 0.05) is 47.0 Å². The Morgan fingerprint density at radius 3 is 2.92 bits per heavy atom. The van der Waals surface area contributed by atoms with Crippen molar-refractivity contribution in [3.8, 4) is 17.2 Å². The summed E-state index contributed by atoms with van der Waals surface area (Å²) in [7, 11) is 1.86. The number of pyridine rings is 1. The number of Topliss-reactive ketones (excluding diaryl/α,β-unsaturated/α-hetero) is 1. The van der Waals surface area contributed by atoms with Crippen LogP contribution >= 0.6 is 15.9 Å². The summed E-state index contributed by atoms with van der Waals surface area (Å²) in [6.07, 6.45) is 5.14. The summed E-state index contributed by atoms with van der Waals surface area (Å²) in [5, 5.41) is 20.3. The number of aromatic hydroxyl groups is 2. The molecule has 0 aliphatic carbocycles. The number of carbonyl (C=O) groups excluding carboxylic acids is 1. The molecule has 3 heterocycles. The number of rotatable bonds is 1. The van der Waals surface area contributed by atoms with Crippen LogP contribution in [0.3, 0.4) is 0 Å². The minimum atomic E-state index is -0.431. The molecule has 0 saturated heterocycles. The molecule has 0 amide bonds. The topological polar surface area (TPSA) is 84.6 Å². The first-order valence-corrected chi connectivity index (χ1v) is 7.85. The second-order valence-corrected chi connectivity index (χ2v) is 6.32. The van der Waals surface area contributed by atoms with E-state index in [4.69, 9.17) is 4.74 Å². The number of phenols is 2. The van der Waals surface area contributed by atoms with Crippen LogP contribution < -0.4 is 4.74 Å². The van der Waals surface area contributed by atoms with E-state index < -0.39 is 5.78 Å². The van der Waals surface area contributed by atoms with Crippen LogP contribution in [0, 0.1) is 0 Å². The maximum Gasteiger partial charge on any atom is 0.235 e. The molecule has 1 aliphatic heterocycles. The zero-order valence-corrected chi connectivity index (χ0v) is 14.0. The minimum Gasteiger partial charge on any atom is -0.508 e. The molecule has 0 atom stereocenters. The summed E-state index contributed by atoms with van der Waals surface area (Å²) in [4.78, 5) is 16.8. The summed E-state index contributed by atoms with van der Waals surface area (Å²) >= 11 is 3.49. The second kappa shape index (κ2) is 5.10. The van der Waals surface area contributed by atoms with E-state index in [9.17, 15) is 15.0 Å². The average Bonchev–Trinajstić information content (AvgIpc) is 2.99. The molecule has 120 valence electrons. The quantitative estimate of drug-likeness (QED) is 0.626. The molecule has 6 nitrogen and oxygen atoms in total. The van der Waals surface area contributed by atoms with Crippen LogP contribution in [0.4, 0.5) is 0 Å². The van der Waals surface area contributed by atoms with Crippen LogP contribution in [-0.4, -0.2) is 25.5 Å². The van der Waals surface area contributed by atoms with Gasteiger partial charge in [-0.3, -0.25) is 4.79 Å². The zero-order valence-electron chi connectivity index (χ0n) is 12.4. The van der Waals surface area contributed by atoms with Crippen molar-refractivity contribution in [3.63, 3.8) is 0 Å². The minimum absolute atomic E-state index is 0.0523. The van der Waals surface area contributed by atoms with Gasteiger partial charge < -0.3 is 19.5 Å². The summed E-state index contributed by atoms with van der Waals surface area (Å²) in [5.74, 6) is -0.689. The van der Waals surface area contributed by atoms with Crippen LogP contribution in [-0.2, 0) is 7.05 Å². The van der Waals surface area contributed by atoms with Crippen molar-refractivity contribution < 1.29 is 19.7 Å². The molecule has 0 radical (unpaired) electrons. The Bertz CT molecular complexity index is 1050. The van der Waals surface area contributed by atoms with E-state index in [1.807, 2.05) is 23.9 Å². The summed E-state index contributed by atoms with van der Waals surface area (Å²) < 4.78 is 8.23. The van der Waals surface area contributed by atoms with E-state index in [0.717, 1.165) is 27.1 Å². The fourth-order valence-corrected chi connectivity index (χ4v) is 3.35. The third-order valence-corrected chi connectivity index (χ3v) is 4.52. The van der Waals surface area contributed by atoms with E-state index in [2.05, 4.69) is 20.9 Å². The van der Waals surface area contributed by atoms with Crippen molar-refractivity contribution in [1.82, 2.24) is 9.55 Å². The number of nitrogens with zero attached hydrogens (tertiary/aromatic N) is 2. The summed E-state index contributed by atoms with van der Waals surface area (Å²) in [6.45, 7) is 0. The van der Waals surface area contributed by atoms with Crippen molar-refractivity contribution in [1.29, 1.82) is 0 Å². The number of benzene rings is 1. The first-order valence-electron chi connectivity index (χ1n) is 7.05. The van der Waals surface area contributed by atoms with Crippen LogP contribution in [0.1, 0.15) is 15.9 Å². The van der Waals surface area contributed by atoms with E-state index in [1.54, 1.807) is 12.3 Å². The highest BCUT2D eigenvalue weighted by atomic mass is 79.9. The molecule has 24 heavy (non-hydrogen) atoms. The van der Waals surface area contributed by atoms with Gasteiger partial charge in [-0.2, -0.15) is 0 Å². The van der Waals surface area contributed by atoms with Gasteiger partial charge in [0.05, 0.1) is 0 Å². The second-order valence-electron chi connectivity index (χ2n) is 5.46. The first-order chi connectivity index (χ1) is 11.5. The predicted molar refractivity (Wildman–Crippen MR) is 91.1 cm³/mol. The number of phenolic OH excluding ortho intramolecular Hbond substituents is 2. The smallest absolute Gasteiger partial charge is 0.235 e. The predicted octanol–water partition coefficient (Wildman–Crippen LogP) is 3.36. The van der Waals surface area contributed by atoms with Crippen molar-refractivity contribution in [2.24, 2.45) is 7.05 Å². The number of hydrogen-bond acceptors (Lipinski definition) is 5. The number of halogens is 1. The highest BCUT2D eigenvalue weighted by molar-refractivity contribution is 9.10. The fraction of sp³-hybridized carbons (Fsp3) is 0.0588. The van der Waals surface area contributed by atoms with E-state index >= 15 is 0 Å². The van der Waals surface area contributed by atoms with Crippen molar-refractivity contribution in [2.45, 2.75) is 0 Å². The van der Waals surface area contributed by atoms with Crippen molar-refractivity contribution in [3.05, 3.63) is 52.0 Å². The maximum atomic E-state index is 12.5. The molecule has 1 aromatic carbocycles. The number of hydrogen-bond donors (Lipinski definition) is 2. The Morgan fingerprint density at radius 2 is 2.12 bits per heavy atom. The van der Waals surface area contributed by atoms with Gasteiger partial charge in [0.25, 0.3) is 0 Å². The monoisotopic (exact) mass is 386 g/mol. The molecule has 2 aromatic heterocycles. The molecule has 0 spiro atoms. The lowest BCUT2D eigenvalue weighted by Gasteiger charge is -2.00. The van der Waals surface area contributed by atoms with Gasteiger partial charge in [-0.1, -0.05) is 0 Å². The molecule has 0 bridgehead atoms. The lowest BCUT2D eigenvalue weighted by atomic mass is 10.1. The average molecular weight is 387 g/mol. The number of carbonyl (C=O) groups is 1. The van der Waals surface area contributed by atoms with Gasteiger partial charge in [-0.25, -0.2) is 4.98 Å². The van der Waals surface area contributed by atoms with Gasteiger partial charge in [-0.05, 0) is 28.1 Å². The van der Waals surface area contributed by atoms with Crippen LogP contribution in [0.15, 0.2) is 40.8 Å². The molecule has 0 saturated carbocycles. The number of aryl methyl sites for hydroxylation is 1. The van der Waals surface area contributed by atoms with Gasteiger partial charge in [0.1, 0.15) is 28.5 Å². The van der Waals surface area contributed by atoms with Gasteiger partial charge >= 0.3 is 0 Å². The molecule has 7 heteroatoms. The number of fused-ring (bicyclic) bond motifs is 2. The van der Waals surface area contributed by atoms with Gasteiger partial charge in [-0.15, -0.1) is 0 Å². The molecule has 0 fully saturated rings. The lowest BCUT2D eigenvalue weighted by Crippen LogP contribution is -1.98. The SMILES string of the molecule is Cn1cc(/C=C2\Oc3cc(O)cc(O)c3C2=O)c2c(Br)ccnc21. The molecule has 0 unspecified atom stereocenters. The number of ether oxygens (including phenoxy) is 1. The Labute approximate surface area is 144 Å². The van der Waals surface area contributed by atoms with Crippen LogP contribution in [0.25, 0.3) is 17.1 Å². The molecule has 2 N–H and O–H groups in total. The standard InChI is InChI=1S/C17H11BrN2O4/c1-20-7-8(14-10(18)2-3-19-17(14)20)4-13-16(23)15-11(22)5-9(21)6-12(15)24-13/h2-7,21-22H,1H3/b13-4-. The third kappa shape index (κ3) is 2.09. The number of allylic oxidation sites excluding steroid dienone is 1. The molecule has 4 rings (SSSR count). The van der Waals surface area contributed by atoms with Crippen LogP contribution in [0.5, 0.6) is 17.2 Å². The fourth-order valence-electron chi connectivity index (χ4n) is 2.83. The molecule has 3 aromatic rings. The largest absolute Gasteiger partial charge is 0.508 e. The molecular weight excluding hydrogens is 376 g/mol. The first kappa shape index (κ1) is 14.8. The maximum absolute atomic E-state index is 12.5. The summed E-state index contributed by atoms with van der Waals surface area (Å²) in [6, 6.07) is 4.23. The zero-order chi connectivity index (χ0) is 17.0. The lowest BCUT2D eigenvalue weighted by molar-refractivity contribution is 0.101. The van der Waals surface area contributed by atoms with Crippen molar-refractivity contribution >= 4 is 38.8 Å². The van der Waals surface area contributed by atoms with Gasteiger partial charge in [0.15, 0.2) is 5.76 Å². The Hall–Kier alpha value is -2.80. The third-order valence-electron chi connectivity index (χ3n) is 3.86. The molecular formula is C17H11BrN2O4. The Morgan fingerprint density at radius 1 is 1.33 bits per heavy atom. The van der Waals surface area contributed by atoms with Crippen molar-refractivity contribution in [2.75, 3.05) is 0 Å².